The van der Waals surface area contributed by atoms with Crippen molar-refractivity contribution in [3.05, 3.63) is 11.1 Å². The topological polar surface area (TPSA) is 113 Å². The van der Waals surface area contributed by atoms with E-state index in [0.717, 1.165) is 37.8 Å². The minimum absolute atomic E-state index is 0.0353. The number of allylic oxidation sites excluding steroid dienone is 2. The van der Waals surface area contributed by atoms with E-state index in [9.17, 15) is 24.3 Å². The van der Waals surface area contributed by atoms with E-state index in [1.54, 1.807) is 5.57 Å². The molecule has 0 heterocycles. The third-order valence-electron chi connectivity index (χ3n) is 16.7. The van der Waals surface area contributed by atoms with Crippen LogP contribution in [0.5, 0.6) is 0 Å². The molecule has 50 heavy (non-hydrogen) atoms. The van der Waals surface area contributed by atoms with Crippen LogP contribution in [0.2, 0.25) is 0 Å². The zero-order valence-electron chi connectivity index (χ0n) is 32.8. The van der Waals surface area contributed by atoms with Crippen LogP contribution < -0.4 is 10.6 Å². The average Bonchev–Trinajstić information content (AvgIpc) is 3.32. The first-order valence-corrected chi connectivity index (χ1v) is 20.3. The van der Waals surface area contributed by atoms with Crippen LogP contribution in [0.1, 0.15) is 139 Å². The Morgan fingerprint density at radius 3 is 2.30 bits per heavy atom. The first-order chi connectivity index (χ1) is 23.3. The van der Waals surface area contributed by atoms with E-state index in [-0.39, 0.29) is 50.9 Å². The van der Waals surface area contributed by atoms with Crippen LogP contribution in [0.3, 0.4) is 0 Å². The van der Waals surface area contributed by atoms with Gasteiger partial charge in [-0.3, -0.25) is 19.2 Å². The summed E-state index contributed by atoms with van der Waals surface area (Å²) < 4.78 is 0. The molecule has 0 radical (unpaired) electrons. The fraction of sp³-hybridized carbons (Fsp3) is 0.860. The second kappa shape index (κ2) is 13.1. The summed E-state index contributed by atoms with van der Waals surface area (Å²) in [5, 5.41) is 16.0. The minimum Gasteiger partial charge on any atom is -0.481 e. The second-order valence-corrected chi connectivity index (χ2v) is 20.3. The van der Waals surface area contributed by atoms with Gasteiger partial charge in [0.1, 0.15) is 5.78 Å². The van der Waals surface area contributed by atoms with Crippen molar-refractivity contribution < 1.29 is 24.3 Å². The maximum absolute atomic E-state index is 13.9. The molecule has 0 aliphatic heterocycles. The number of ketones is 2. The molecule has 0 saturated heterocycles. The van der Waals surface area contributed by atoms with E-state index in [2.05, 4.69) is 52.2 Å². The van der Waals surface area contributed by atoms with Crippen molar-refractivity contribution in [2.24, 2.45) is 74.9 Å². The summed E-state index contributed by atoms with van der Waals surface area (Å²) >= 11 is 0. The number of carbonyl (C=O) groups excluding carboxylic acids is 3. The molecule has 6 aliphatic rings. The monoisotopic (exact) mass is 693 g/mol. The molecule has 6 rings (SSSR count). The van der Waals surface area contributed by atoms with Gasteiger partial charge in [0.05, 0.1) is 5.92 Å². The molecule has 0 aromatic rings. The molecular formula is C43H68N2O5. The Morgan fingerprint density at radius 1 is 0.960 bits per heavy atom. The summed E-state index contributed by atoms with van der Waals surface area (Å²) in [6.45, 7) is 22.2. The van der Waals surface area contributed by atoms with Crippen LogP contribution in [0.25, 0.3) is 0 Å². The third kappa shape index (κ3) is 5.96. The van der Waals surface area contributed by atoms with Crippen LogP contribution in [0, 0.1) is 74.9 Å². The maximum atomic E-state index is 13.9. The Labute approximate surface area is 302 Å². The van der Waals surface area contributed by atoms with Gasteiger partial charge in [0.25, 0.3) is 0 Å². The van der Waals surface area contributed by atoms with Crippen molar-refractivity contribution in [1.29, 1.82) is 0 Å². The number of Topliss-reactive ketones (excluding diaryl/α,β-unsaturated/α-hetero) is 2. The van der Waals surface area contributed by atoms with Gasteiger partial charge >= 0.3 is 5.97 Å². The van der Waals surface area contributed by atoms with Crippen molar-refractivity contribution in [3.63, 3.8) is 0 Å². The molecule has 11 unspecified atom stereocenters. The number of amides is 1. The van der Waals surface area contributed by atoms with E-state index in [4.69, 9.17) is 0 Å². The molecule has 7 heteroatoms. The number of fused-ring (bicyclic) bond motifs is 7. The first-order valence-electron chi connectivity index (χ1n) is 20.3. The SMILES string of the molecule is CC(C)C1=C2C3CCC4C(C)(CCC5C(C)(C)C(CC(=O)C6CC(C(=O)O)C6C)CCC54C)C3CCC2(CCNCC(C)(C)NC=O)CC1=O. The molecule has 6 aliphatic carbocycles. The van der Waals surface area contributed by atoms with Gasteiger partial charge in [-0.1, -0.05) is 54.0 Å². The number of carboxylic acids is 1. The number of carbonyl (C=O) groups is 4. The molecule has 11 atom stereocenters. The van der Waals surface area contributed by atoms with Gasteiger partial charge in [-0.25, -0.2) is 0 Å². The molecule has 280 valence electrons. The second-order valence-electron chi connectivity index (χ2n) is 20.3. The number of carboxylic acid groups (broad SMARTS) is 1. The largest absolute Gasteiger partial charge is 0.481 e. The number of rotatable bonds is 12. The molecular weight excluding hydrogens is 624 g/mol. The number of hydrogen-bond acceptors (Lipinski definition) is 5. The van der Waals surface area contributed by atoms with Gasteiger partial charge in [-0.15, -0.1) is 0 Å². The van der Waals surface area contributed by atoms with E-state index in [1.165, 1.54) is 38.5 Å². The molecule has 0 aromatic carbocycles. The van der Waals surface area contributed by atoms with Crippen molar-refractivity contribution in [2.75, 3.05) is 13.1 Å². The number of hydrogen-bond donors (Lipinski definition) is 3. The summed E-state index contributed by atoms with van der Waals surface area (Å²) in [7, 11) is 0. The fourth-order valence-electron chi connectivity index (χ4n) is 14.1. The smallest absolute Gasteiger partial charge is 0.306 e. The molecule has 5 fully saturated rings. The average molecular weight is 693 g/mol. The van der Waals surface area contributed by atoms with E-state index >= 15 is 0 Å². The van der Waals surface area contributed by atoms with Gasteiger partial charge in [0.15, 0.2) is 5.78 Å². The maximum Gasteiger partial charge on any atom is 0.306 e. The normalized spacial score (nSPS) is 42.2. The molecule has 1 amide bonds. The summed E-state index contributed by atoms with van der Waals surface area (Å²) in [5.41, 5.74) is 2.91. The predicted octanol–water partition coefficient (Wildman–Crippen LogP) is 8.01. The lowest BCUT2D eigenvalue weighted by atomic mass is 9.35. The number of nitrogens with one attached hydrogen (secondary N) is 2. The van der Waals surface area contributed by atoms with Crippen LogP contribution in [-0.4, -0.2) is 47.7 Å². The Balaban J connectivity index is 1.20. The molecule has 5 saturated carbocycles. The Kier molecular flexibility index (Phi) is 9.91. The first kappa shape index (κ1) is 37.7. The summed E-state index contributed by atoms with van der Waals surface area (Å²) in [6, 6.07) is 0. The molecule has 0 aromatic heterocycles. The Hall–Kier alpha value is -2.02. The van der Waals surface area contributed by atoms with Gasteiger partial charge < -0.3 is 15.7 Å². The highest BCUT2D eigenvalue weighted by Gasteiger charge is 2.66. The highest BCUT2D eigenvalue weighted by atomic mass is 16.4. The van der Waals surface area contributed by atoms with Gasteiger partial charge in [0, 0.05) is 36.3 Å². The number of aliphatic carboxylic acids is 1. The standard InChI is InChI=1S/C43H68N2O5/c1-25(2)36-33(48)22-43(18-19-44-23-39(4,5)45-24-46)17-13-31-28(37(36)43)10-11-35-41(31,8)16-14-34-40(6,7)27(12-15-42(34,35)9)20-32(47)29-21-30(26(29)3)38(49)50/h24-31,34-35,44H,10-23H2,1-9H3,(H,45,46)(H,49,50). The van der Waals surface area contributed by atoms with Crippen molar-refractivity contribution in [3.8, 4) is 0 Å². The van der Waals surface area contributed by atoms with E-state index in [1.807, 2.05) is 20.8 Å². The van der Waals surface area contributed by atoms with Crippen molar-refractivity contribution in [1.82, 2.24) is 10.6 Å². The van der Waals surface area contributed by atoms with Crippen molar-refractivity contribution in [2.45, 2.75) is 145 Å². The Bertz CT molecular complexity index is 1410. The van der Waals surface area contributed by atoms with Crippen LogP contribution in [0.15, 0.2) is 11.1 Å². The quantitative estimate of drug-likeness (QED) is 0.141. The Morgan fingerprint density at radius 2 is 1.66 bits per heavy atom. The van der Waals surface area contributed by atoms with E-state index in [0.29, 0.717) is 67.0 Å². The lowest BCUT2D eigenvalue weighted by Crippen LogP contribution is -2.62. The third-order valence-corrected chi connectivity index (χ3v) is 16.7. The van der Waals surface area contributed by atoms with Crippen LogP contribution in [-0.2, 0) is 19.2 Å². The lowest BCUT2D eigenvalue weighted by Gasteiger charge is -2.69. The van der Waals surface area contributed by atoms with Crippen LogP contribution in [0.4, 0.5) is 0 Å². The van der Waals surface area contributed by atoms with Gasteiger partial charge in [0.2, 0.25) is 6.41 Å². The van der Waals surface area contributed by atoms with Gasteiger partial charge in [-0.05, 0) is 148 Å². The summed E-state index contributed by atoms with van der Waals surface area (Å²) in [6.07, 6.45) is 13.0. The molecule has 0 bridgehead atoms. The molecule has 7 nitrogen and oxygen atoms in total. The predicted molar refractivity (Wildman–Crippen MR) is 197 cm³/mol. The molecule has 0 spiro atoms. The zero-order valence-corrected chi connectivity index (χ0v) is 32.8. The summed E-state index contributed by atoms with van der Waals surface area (Å²) in [5.74, 6) is 2.38. The zero-order chi connectivity index (χ0) is 36.6. The van der Waals surface area contributed by atoms with Crippen LogP contribution >= 0.6 is 0 Å². The fourth-order valence-corrected chi connectivity index (χ4v) is 14.1. The minimum atomic E-state index is -0.753. The molecule has 3 N–H and O–H groups in total. The van der Waals surface area contributed by atoms with E-state index < -0.39 is 5.97 Å². The van der Waals surface area contributed by atoms with Gasteiger partial charge in [-0.2, -0.15) is 0 Å². The highest BCUT2D eigenvalue weighted by molar-refractivity contribution is 6.00. The lowest BCUT2D eigenvalue weighted by molar-refractivity contribution is -0.193. The van der Waals surface area contributed by atoms with Crippen molar-refractivity contribution >= 4 is 23.9 Å². The highest BCUT2D eigenvalue weighted by Crippen LogP contribution is 2.74. The summed E-state index contributed by atoms with van der Waals surface area (Å²) in [4.78, 5) is 50.1.